The molecule has 1 aliphatic rings. The maximum Gasteiger partial charge on any atom is 0.239 e. The third-order valence-electron chi connectivity index (χ3n) is 3.41. The van der Waals surface area contributed by atoms with Gasteiger partial charge in [-0.25, -0.2) is 0 Å². The lowest BCUT2D eigenvalue weighted by Crippen LogP contribution is -2.40. The fourth-order valence-corrected chi connectivity index (χ4v) is 3.58. The number of halogens is 1. The van der Waals surface area contributed by atoms with Gasteiger partial charge in [0, 0.05) is 23.0 Å². The number of hydrogen-bond acceptors (Lipinski definition) is 3. The quantitative estimate of drug-likeness (QED) is 0.947. The molecule has 0 aliphatic carbocycles. The molecule has 1 aliphatic heterocycles. The van der Waals surface area contributed by atoms with E-state index in [-0.39, 0.29) is 22.7 Å². The summed E-state index contributed by atoms with van der Waals surface area (Å²) >= 11 is 7.84. The second kappa shape index (κ2) is 5.56. The minimum absolute atomic E-state index is 0.0499. The Labute approximate surface area is 132 Å². The number of carbonyl (C=O) groups is 1. The SMILES string of the molecule is [2H]c1c([2H])c([2H])c(C(C(N)=O)N2CCc3sccc3C2)c(Cl)c1[2H]. The second-order valence-corrected chi connectivity index (χ2v) is 6.00. The van der Waals surface area contributed by atoms with Crippen LogP contribution in [0.25, 0.3) is 0 Å². The van der Waals surface area contributed by atoms with Gasteiger partial charge in [0.25, 0.3) is 0 Å². The fraction of sp³-hybridized carbons (Fsp3) is 0.267. The highest BCUT2D eigenvalue weighted by atomic mass is 35.5. The molecule has 0 saturated carbocycles. The van der Waals surface area contributed by atoms with Gasteiger partial charge in [-0.15, -0.1) is 11.3 Å². The van der Waals surface area contributed by atoms with Crippen LogP contribution in [-0.2, 0) is 17.8 Å². The number of benzene rings is 1. The monoisotopic (exact) mass is 310 g/mol. The molecule has 1 aromatic carbocycles. The Morgan fingerprint density at radius 2 is 2.30 bits per heavy atom. The van der Waals surface area contributed by atoms with Crippen molar-refractivity contribution in [2.45, 2.75) is 19.0 Å². The summed E-state index contributed by atoms with van der Waals surface area (Å²) in [4.78, 5) is 15.2. The van der Waals surface area contributed by atoms with Crippen LogP contribution in [0.5, 0.6) is 0 Å². The second-order valence-electron chi connectivity index (χ2n) is 4.62. The maximum absolute atomic E-state index is 12.1. The van der Waals surface area contributed by atoms with E-state index in [9.17, 15) is 4.79 Å². The van der Waals surface area contributed by atoms with E-state index in [0.717, 1.165) is 12.0 Å². The molecule has 0 bridgehead atoms. The van der Waals surface area contributed by atoms with Gasteiger partial charge in [0.2, 0.25) is 5.91 Å². The lowest BCUT2D eigenvalue weighted by molar-refractivity contribution is -0.123. The summed E-state index contributed by atoms with van der Waals surface area (Å²) in [6.45, 7) is 1.06. The van der Waals surface area contributed by atoms with Crippen LogP contribution in [0.4, 0.5) is 0 Å². The summed E-state index contributed by atoms with van der Waals surface area (Å²) in [5.74, 6) is -0.680. The Kier molecular flexibility index (Phi) is 2.66. The van der Waals surface area contributed by atoms with Gasteiger partial charge in [-0.05, 0) is 35.0 Å². The molecule has 0 fully saturated rings. The number of carbonyl (C=O) groups excluding carboxylic acids is 1. The van der Waals surface area contributed by atoms with Crippen molar-refractivity contribution in [2.75, 3.05) is 6.54 Å². The van der Waals surface area contributed by atoms with Crippen molar-refractivity contribution in [2.24, 2.45) is 5.73 Å². The van der Waals surface area contributed by atoms with E-state index < -0.39 is 24.0 Å². The predicted octanol–water partition coefficient (Wildman–Crippen LogP) is 2.99. The van der Waals surface area contributed by atoms with Crippen molar-refractivity contribution >= 4 is 28.8 Å². The lowest BCUT2D eigenvalue weighted by atomic mass is 10.0. The molecular formula is C15H15ClN2OS. The number of hydrogen-bond donors (Lipinski definition) is 1. The molecule has 104 valence electrons. The Morgan fingerprint density at radius 1 is 1.50 bits per heavy atom. The number of nitrogens with zero attached hydrogens (tertiary/aromatic N) is 1. The molecule has 5 heteroatoms. The van der Waals surface area contributed by atoms with Crippen molar-refractivity contribution in [1.29, 1.82) is 0 Å². The van der Waals surface area contributed by atoms with Gasteiger partial charge in [0.15, 0.2) is 0 Å². The minimum Gasteiger partial charge on any atom is -0.368 e. The van der Waals surface area contributed by atoms with Gasteiger partial charge in [-0.3, -0.25) is 9.69 Å². The molecule has 2 heterocycles. The Hall–Kier alpha value is -1.36. The van der Waals surface area contributed by atoms with Crippen molar-refractivity contribution in [3.05, 3.63) is 56.6 Å². The number of fused-ring (bicyclic) bond motifs is 1. The molecule has 2 aromatic rings. The first-order valence-electron chi connectivity index (χ1n) is 8.17. The number of primary amides is 1. The zero-order chi connectivity index (χ0) is 17.6. The summed E-state index contributed by atoms with van der Waals surface area (Å²) in [5, 5.41) is 1.84. The molecule has 1 atom stereocenters. The van der Waals surface area contributed by atoms with E-state index in [4.69, 9.17) is 22.8 Å². The molecule has 2 N–H and O–H groups in total. The molecule has 0 saturated heterocycles. The Morgan fingerprint density at radius 3 is 3.10 bits per heavy atom. The van der Waals surface area contributed by atoms with Crippen LogP contribution in [0, 0.1) is 0 Å². The highest BCUT2D eigenvalue weighted by molar-refractivity contribution is 7.10. The molecule has 1 unspecified atom stereocenters. The molecular weight excluding hydrogens is 292 g/mol. The standard InChI is InChI=1S/C15H15ClN2OS/c16-12-4-2-1-3-11(12)14(15(17)19)18-7-5-13-10(9-18)6-8-20-13/h1-4,6,8,14H,5,7,9H2,(H2,17,19)/i1D,2D,3D,4D. The van der Waals surface area contributed by atoms with Crippen molar-refractivity contribution in [1.82, 2.24) is 4.90 Å². The van der Waals surface area contributed by atoms with Gasteiger partial charge in [0.05, 0.1) is 5.48 Å². The fourth-order valence-electron chi connectivity index (χ4n) is 2.49. The highest BCUT2D eigenvalue weighted by Gasteiger charge is 2.30. The molecule has 0 spiro atoms. The molecule has 0 radical (unpaired) electrons. The van der Waals surface area contributed by atoms with Gasteiger partial charge in [-0.1, -0.05) is 29.7 Å². The van der Waals surface area contributed by atoms with Crippen LogP contribution in [0.3, 0.4) is 0 Å². The summed E-state index contributed by atoms with van der Waals surface area (Å²) < 4.78 is 31.5. The summed E-state index contributed by atoms with van der Waals surface area (Å²) in [6.07, 6.45) is 0.764. The number of thiophene rings is 1. The van der Waals surface area contributed by atoms with Crippen LogP contribution < -0.4 is 5.73 Å². The zero-order valence-corrected chi connectivity index (χ0v) is 12.1. The van der Waals surface area contributed by atoms with E-state index in [1.807, 2.05) is 16.3 Å². The van der Waals surface area contributed by atoms with E-state index in [2.05, 4.69) is 0 Å². The smallest absolute Gasteiger partial charge is 0.239 e. The van der Waals surface area contributed by atoms with Gasteiger partial charge >= 0.3 is 0 Å². The first-order chi connectivity index (χ1) is 11.3. The maximum atomic E-state index is 12.1. The topological polar surface area (TPSA) is 46.3 Å². The van der Waals surface area contributed by atoms with E-state index in [0.29, 0.717) is 13.1 Å². The normalized spacial score (nSPS) is 19.4. The zero-order valence-electron chi connectivity index (χ0n) is 14.6. The van der Waals surface area contributed by atoms with Gasteiger partial charge in [-0.2, -0.15) is 0 Å². The molecule has 20 heavy (non-hydrogen) atoms. The molecule has 3 nitrogen and oxygen atoms in total. The minimum atomic E-state index is -0.994. The number of rotatable bonds is 3. The largest absolute Gasteiger partial charge is 0.368 e. The van der Waals surface area contributed by atoms with Crippen LogP contribution in [-0.4, -0.2) is 17.4 Å². The van der Waals surface area contributed by atoms with Crippen molar-refractivity contribution in [3.8, 4) is 0 Å². The van der Waals surface area contributed by atoms with Gasteiger partial charge in [0.1, 0.15) is 6.04 Å². The van der Waals surface area contributed by atoms with E-state index in [1.165, 1.54) is 4.88 Å². The van der Waals surface area contributed by atoms with Crippen LogP contribution >= 0.6 is 22.9 Å². The first kappa shape index (κ1) is 9.55. The summed E-state index contributed by atoms with van der Waals surface area (Å²) in [7, 11) is 0. The van der Waals surface area contributed by atoms with E-state index >= 15 is 0 Å². The third-order valence-corrected chi connectivity index (χ3v) is 4.73. The average molecular weight is 311 g/mol. The van der Waals surface area contributed by atoms with Crippen molar-refractivity contribution in [3.63, 3.8) is 0 Å². The lowest BCUT2D eigenvalue weighted by Gasteiger charge is -2.33. The van der Waals surface area contributed by atoms with Crippen LogP contribution in [0.1, 0.15) is 27.5 Å². The van der Waals surface area contributed by atoms with Crippen LogP contribution in [0.2, 0.25) is 5.02 Å². The Bertz CT molecular complexity index is 797. The first-order valence-corrected chi connectivity index (χ1v) is 7.43. The Balaban J connectivity index is 2.10. The average Bonchev–Trinajstić information content (AvgIpc) is 3.02. The summed E-state index contributed by atoms with van der Waals surface area (Å²) in [5.41, 5.74) is 6.74. The van der Waals surface area contributed by atoms with Gasteiger partial charge < -0.3 is 5.73 Å². The molecule has 1 aromatic heterocycles. The molecule has 1 amide bonds. The number of amides is 1. The molecule has 3 rings (SSSR count). The van der Waals surface area contributed by atoms with E-state index in [1.54, 1.807) is 11.3 Å². The summed E-state index contributed by atoms with van der Waals surface area (Å²) in [6, 6.07) is -0.513. The highest BCUT2D eigenvalue weighted by Crippen LogP contribution is 2.32. The van der Waals surface area contributed by atoms with Crippen LogP contribution in [0.15, 0.2) is 35.6 Å². The predicted molar refractivity (Wildman–Crippen MR) is 81.8 cm³/mol. The van der Waals surface area contributed by atoms with Crippen molar-refractivity contribution < 1.29 is 10.3 Å². The number of nitrogens with two attached hydrogens (primary N) is 1. The third kappa shape index (κ3) is 2.46.